The Hall–Kier alpha value is -3.65. The van der Waals surface area contributed by atoms with Crippen molar-refractivity contribution in [3.05, 3.63) is 107 Å². The molecule has 0 atom stereocenters. The minimum absolute atomic E-state index is 0.0305. The van der Waals surface area contributed by atoms with Crippen LogP contribution in [-0.2, 0) is 12.6 Å². The van der Waals surface area contributed by atoms with Gasteiger partial charge in [0.25, 0.3) is 0 Å². The van der Waals surface area contributed by atoms with Gasteiger partial charge in [-0.2, -0.15) is 13.2 Å². The molecule has 0 amide bonds. The van der Waals surface area contributed by atoms with E-state index in [0.29, 0.717) is 23.1 Å². The maximum atomic E-state index is 15.2. The first-order valence-electron chi connectivity index (χ1n) is 11.5. The van der Waals surface area contributed by atoms with Crippen LogP contribution in [0.1, 0.15) is 48.4 Å². The summed E-state index contributed by atoms with van der Waals surface area (Å²) in [5.41, 5.74) is 1.57. The molecule has 0 bridgehead atoms. The molecule has 0 saturated heterocycles. The van der Waals surface area contributed by atoms with Crippen LogP contribution in [0.5, 0.6) is 0 Å². The highest BCUT2D eigenvalue weighted by Crippen LogP contribution is 2.35. The van der Waals surface area contributed by atoms with E-state index in [9.17, 15) is 17.6 Å². The van der Waals surface area contributed by atoms with E-state index in [-0.39, 0.29) is 16.5 Å². The van der Waals surface area contributed by atoms with Crippen LogP contribution in [0.15, 0.2) is 72.8 Å². The smallest absolute Gasteiger partial charge is 0.206 e. The van der Waals surface area contributed by atoms with Crippen LogP contribution in [0.3, 0.4) is 0 Å². The Balaban J connectivity index is 1.57. The molecule has 0 heterocycles. The number of benzene rings is 4. The molecule has 0 aliphatic carbocycles. The largest absolute Gasteiger partial charge is 0.419 e. The van der Waals surface area contributed by atoms with Crippen molar-refractivity contribution < 1.29 is 22.0 Å². The van der Waals surface area contributed by atoms with Crippen LogP contribution < -0.4 is 0 Å². The minimum Gasteiger partial charge on any atom is -0.206 e. The van der Waals surface area contributed by atoms with E-state index in [1.165, 1.54) is 30.9 Å². The predicted octanol–water partition coefficient (Wildman–Crippen LogP) is 8.94. The van der Waals surface area contributed by atoms with E-state index in [2.05, 4.69) is 30.9 Å². The standard InChI is InChI=1S/C30H23F5/c1-2-3-4-5-20-6-8-21(9-7-20)10-11-22-12-15-25-23(18-22)13-16-26(29(25)32)24-14-17-27(28(31)19-24)30(33,34)35/h6-9,12-19H,2-5H2,1H3. The van der Waals surface area contributed by atoms with Gasteiger partial charge in [0.05, 0.1) is 5.56 Å². The van der Waals surface area contributed by atoms with Crippen LogP contribution in [0.4, 0.5) is 22.0 Å². The molecule has 5 heteroatoms. The quantitative estimate of drug-likeness (QED) is 0.153. The molecule has 0 aliphatic heterocycles. The summed E-state index contributed by atoms with van der Waals surface area (Å²) in [4.78, 5) is 0. The third-order valence-corrected chi connectivity index (χ3v) is 5.91. The summed E-state index contributed by atoms with van der Waals surface area (Å²) in [5.74, 6) is 4.15. The molecule has 0 spiro atoms. The number of fused-ring (bicyclic) bond motifs is 1. The third kappa shape index (κ3) is 5.71. The Morgan fingerprint density at radius 3 is 2.14 bits per heavy atom. The van der Waals surface area contributed by atoms with Crippen molar-refractivity contribution in [3.63, 3.8) is 0 Å². The number of rotatable bonds is 5. The fraction of sp³-hybridized carbons (Fsp3) is 0.200. The molecular formula is C30H23F5. The van der Waals surface area contributed by atoms with E-state index < -0.39 is 23.4 Å². The molecule has 0 saturated carbocycles. The maximum Gasteiger partial charge on any atom is 0.419 e. The SMILES string of the molecule is CCCCCc1ccc(C#Cc2ccc3c(F)c(-c4ccc(C(F)(F)F)c(F)c4)ccc3c2)cc1. The number of halogens is 5. The zero-order valence-corrected chi connectivity index (χ0v) is 19.1. The molecule has 0 N–H and O–H groups in total. The normalized spacial score (nSPS) is 11.4. The second-order valence-corrected chi connectivity index (χ2v) is 8.46. The average molecular weight is 479 g/mol. The van der Waals surface area contributed by atoms with E-state index in [4.69, 9.17) is 0 Å². The molecule has 0 radical (unpaired) electrons. The summed E-state index contributed by atoms with van der Waals surface area (Å²) >= 11 is 0. The van der Waals surface area contributed by atoms with Gasteiger partial charge < -0.3 is 0 Å². The lowest BCUT2D eigenvalue weighted by Gasteiger charge is -2.11. The monoisotopic (exact) mass is 478 g/mol. The molecule has 4 aromatic rings. The van der Waals surface area contributed by atoms with Gasteiger partial charge in [-0.05, 0) is 65.8 Å². The predicted molar refractivity (Wildman–Crippen MR) is 130 cm³/mol. The Bertz CT molecular complexity index is 1400. The van der Waals surface area contributed by atoms with Crippen LogP contribution in [0.2, 0.25) is 0 Å². The molecule has 0 aromatic heterocycles. The van der Waals surface area contributed by atoms with E-state index in [0.717, 1.165) is 18.1 Å². The first kappa shape index (κ1) is 24.5. The van der Waals surface area contributed by atoms with E-state index in [1.54, 1.807) is 24.3 Å². The lowest BCUT2D eigenvalue weighted by atomic mass is 9.98. The van der Waals surface area contributed by atoms with Gasteiger partial charge in [0, 0.05) is 22.1 Å². The number of unbranched alkanes of at least 4 members (excludes halogenated alkanes) is 2. The molecule has 4 aromatic carbocycles. The topological polar surface area (TPSA) is 0 Å². The maximum absolute atomic E-state index is 15.2. The summed E-state index contributed by atoms with van der Waals surface area (Å²) in [6.07, 6.45) is -0.177. The summed E-state index contributed by atoms with van der Waals surface area (Å²) in [7, 11) is 0. The minimum atomic E-state index is -4.81. The highest BCUT2D eigenvalue weighted by atomic mass is 19.4. The molecule has 0 nitrogen and oxygen atoms in total. The van der Waals surface area contributed by atoms with E-state index >= 15 is 4.39 Å². The summed E-state index contributed by atoms with van der Waals surface area (Å²) in [6.45, 7) is 2.18. The van der Waals surface area contributed by atoms with Gasteiger partial charge in [-0.3, -0.25) is 0 Å². The Kier molecular flexibility index (Phi) is 7.21. The van der Waals surface area contributed by atoms with Gasteiger partial charge in [0.1, 0.15) is 11.6 Å². The number of hydrogen-bond acceptors (Lipinski definition) is 0. The Morgan fingerprint density at radius 1 is 0.743 bits per heavy atom. The van der Waals surface area contributed by atoms with Crippen LogP contribution in [-0.4, -0.2) is 0 Å². The number of alkyl halides is 3. The fourth-order valence-corrected chi connectivity index (χ4v) is 3.98. The van der Waals surface area contributed by atoms with Crippen molar-refractivity contribution in [2.75, 3.05) is 0 Å². The van der Waals surface area contributed by atoms with Crippen molar-refractivity contribution in [1.82, 2.24) is 0 Å². The molecule has 0 unspecified atom stereocenters. The van der Waals surface area contributed by atoms with Crippen molar-refractivity contribution in [1.29, 1.82) is 0 Å². The first-order chi connectivity index (χ1) is 16.8. The lowest BCUT2D eigenvalue weighted by molar-refractivity contribution is -0.139. The van der Waals surface area contributed by atoms with Gasteiger partial charge >= 0.3 is 6.18 Å². The molecule has 0 fully saturated rings. The summed E-state index contributed by atoms with van der Waals surface area (Å²) in [6, 6.07) is 18.7. The highest BCUT2D eigenvalue weighted by Gasteiger charge is 2.34. The first-order valence-corrected chi connectivity index (χ1v) is 11.5. The molecular weight excluding hydrogens is 455 g/mol. The molecule has 178 valence electrons. The molecule has 4 rings (SSSR count). The third-order valence-electron chi connectivity index (χ3n) is 5.91. The Morgan fingerprint density at radius 2 is 1.46 bits per heavy atom. The molecule has 0 aliphatic rings. The van der Waals surface area contributed by atoms with Crippen molar-refractivity contribution >= 4 is 10.8 Å². The Labute approximate surface area is 201 Å². The van der Waals surface area contributed by atoms with Crippen LogP contribution in [0.25, 0.3) is 21.9 Å². The number of hydrogen-bond donors (Lipinski definition) is 0. The zero-order chi connectivity index (χ0) is 25.0. The van der Waals surface area contributed by atoms with Gasteiger partial charge in [-0.25, -0.2) is 8.78 Å². The fourth-order valence-electron chi connectivity index (χ4n) is 3.98. The van der Waals surface area contributed by atoms with Gasteiger partial charge in [-0.15, -0.1) is 0 Å². The lowest BCUT2D eigenvalue weighted by Crippen LogP contribution is -2.07. The summed E-state index contributed by atoms with van der Waals surface area (Å²) < 4.78 is 67.6. The summed E-state index contributed by atoms with van der Waals surface area (Å²) in [5, 5.41) is 0.876. The van der Waals surface area contributed by atoms with Crippen LogP contribution >= 0.6 is 0 Å². The van der Waals surface area contributed by atoms with E-state index in [1.807, 2.05) is 12.1 Å². The van der Waals surface area contributed by atoms with Crippen molar-refractivity contribution in [2.24, 2.45) is 0 Å². The highest BCUT2D eigenvalue weighted by molar-refractivity contribution is 5.89. The average Bonchev–Trinajstić information content (AvgIpc) is 2.83. The van der Waals surface area contributed by atoms with Gasteiger partial charge in [0.2, 0.25) is 0 Å². The van der Waals surface area contributed by atoms with Crippen molar-refractivity contribution in [3.8, 4) is 23.0 Å². The van der Waals surface area contributed by atoms with Gasteiger partial charge in [0.15, 0.2) is 0 Å². The zero-order valence-electron chi connectivity index (χ0n) is 19.1. The second kappa shape index (κ2) is 10.3. The van der Waals surface area contributed by atoms with Crippen molar-refractivity contribution in [2.45, 2.75) is 38.8 Å². The molecule has 35 heavy (non-hydrogen) atoms. The number of aryl methyl sites for hydroxylation is 1. The van der Waals surface area contributed by atoms with Crippen LogP contribution in [0, 0.1) is 23.5 Å². The second-order valence-electron chi connectivity index (χ2n) is 8.46. The van der Waals surface area contributed by atoms with Gasteiger partial charge in [-0.1, -0.05) is 68.0 Å².